The van der Waals surface area contributed by atoms with Crippen LogP contribution < -0.4 is 0 Å². The Balaban J connectivity index is 1.35. The molecule has 0 amide bonds. The van der Waals surface area contributed by atoms with E-state index in [0.717, 1.165) is 26.0 Å². The van der Waals surface area contributed by atoms with Crippen molar-refractivity contribution in [1.82, 2.24) is 0 Å². The molecule has 2 nitrogen and oxygen atoms in total. The minimum atomic E-state index is 0.0528. The standard InChI is InChI=1S/C27H24O2S4/c28-17-20-7-1-3-13-26(20)32-24-11-5-9-22(15-24)30-19-31-23-10-6-12-25(16-23)33-27-14-4-2-8-21(27)18-29/h1-16,28-29H,17-19H2. The summed E-state index contributed by atoms with van der Waals surface area (Å²) in [5.74, 6) is 0. The van der Waals surface area contributed by atoms with Gasteiger partial charge in [-0.3, -0.25) is 0 Å². The van der Waals surface area contributed by atoms with Gasteiger partial charge >= 0.3 is 0 Å². The van der Waals surface area contributed by atoms with E-state index < -0.39 is 0 Å². The molecule has 2 N–H and O–H groups in total. The van der Waals surface area contributed by atoms with Crippen LogP contribution in [0.1, 0.15) is 11.1 Å². The first-order chi connectivity index (χ1) is 16.2. The Morgan fingerprint density at radius 2 is 0.909 bits per heavy atom. The van der Waals surface area contributed by atoms with Crippen molar-refractivity contribution in [3.8, 4) is 0 Å². The highest BCUT2D eigenvalue weighted by atomic mass is 32.2. The summed E-state index contributed by atoms with van der Waals surface area (Å²) in [4.78, 5) is 6.99. The molecular weight excluding hydrogens is 485 g/mol. The first-order valence-corrected chi connectivity index (χ1v) is 14.0. The predicted octanol–water partition coefficient (Wildman–Crippen LogP) is 7.82. The Kier molecular flexibility index (Phi) is 9.29. The van der Waals surface area contributed by atoms with Crippen LogP contribution in [0.15, 0.2) is 126 Å². The molecule has 0 aromatic heterocycles. The quantitative estimate of drug-likeness (QED) is 0.168. The maximum atomic E-state index is 9.57. The van der Waals surface area contributed by atoms with Crippen LogP contribution >= 0.6 is 47.0 Å². The second-order valence-corrected chi connectivity index (χ2v) is 11.8. The molecule has 0 fully saturated rings. The Morgan fingerprint density at radius 3 is 1.36 bits per heavy atom. The van der Waals surface area contributed by atoms with Crippen LogP contribution in [0.3, 0.4) is 0 Å². The maximum absolute atomic E-state index is 9.57. The van der Waals surface area contributed by atoms with Crippen molar-refractivity contribution < 1.29 is 10.2 Å². The molecule has 0 spiro atoms. The number of thioether (sulfide) groups is 2. The average molecular weight is 509 g/mol. The molecule has 0 aliphatic carbocycles. The van der Waals surface area contributed by atoms with Crippen molar-refractivity contribution in [2.45, 2.75) is 42.6 Å². The molecule has 0 bridgehead atoms. The molecule has 0 radical (unpaired) electrons. The van der Waals surface area contributed by atoms with E-state index in [-0.39, 0.29) is 13.2 Å². The molecule has 0 heterocycles. The lowest BCUT2D eigenvalue weighted by molar-refractivity contribution is 0.278. The van der Waals surface area contributed by atoms with Gasteiger partial charge in [0.2, 0.25) is 0 Å². The Labute approximate surface area is 212 Å². The normalized spacial score (nSPS) is 11.0. The highest BCUT2D eigenvalue weighted by molar-refractivity contribution is 8.16. The predicted molar refractivity (Wildman–Crippen MR) is 142 cm³/mol. The summed E-state index contributed by atoms with van der Waals surface area (Å²) >= 11 is 7.03. The first kappa shape index (κ1) is 24.3. The second kappa shape index (κ2) is 12.6. The lowest BCUT2D eigenvalue weighted by Crippen LogP contribution is -1.86. The summed E-state index contributed by atoms with van der Waals surface area (Å²) in [7, 11) is 0. The van der Waals surface area contributed by atoms with Crippen LogP contribution in [0.4, 0.5) is 0 Å². The fraction of sp³-hybridized carbons (Fsp3) is 0.111. The van der Waals surface area contributed by atoms with Gasteiger partial charge in [-0.1, -0.05) is 72.1 Å². The molecule has 0 aliphatic rings. The number of hydrogen-bond acceptors (Lipinski definition) is 6. The van der Waals surface area contributed by atoms with E-state index in [1.807, 2.05) is 59.9 Å². The average Bonchev–Trinajstić information content (AvgIpc) is 2.85. The number of rotatable bonds is 10. The van der Waals surface area contributed by atoms with Gasteiger partial charge in [0.25, 0.3) is 0 Å². The van der Waals surface area contributed by atoms with Crippen molar-refractivity contribution in [2.24, 2.45) is 0 Å². The van der Waals surface area contributed by atoms with Crippen LogP contribution in [0.5, 0.6) is 0 Å². The summed E-state index contributed by atoms with van der Waals surface area (Å²) in [5.41, 5.74) is 1.91. The zero-order valence-corrected chi connectivity index (χ0v) is 21.2. The Bertz CT molecular complexity index is 1100. The SMILES string of the molecule is OCc1ccccc1Sc1cccc(SCSc2cccc(Sc3ccccc3CO)c2)c1. The third kappa shape index (κ3) is 7.09. The van der Waals surface area contributed by atoms with Gasteiger partial charge in [-0.05, 0) is 59.7 Å². The van der Waals surface area contributed by atoms with Gasteiger partial charge in [0, 0.05) is 34.5 Å². The van der Waals surface area contributed by atoms with Crippen molar-refractivity contribution in [3.05, 3.63) is 108 Å². The molecule has 0 saturated heterocycles. The molecule has 6 heteroatoms. The van der Waals surface area contributed by atoms with Crippen molar-refractivity contribution in [2.75, 3.05) is 5.08 Å². The lowest BCUT2D eigenvalue weighted by Gasteiger charge is -2.09. The Morgan fingerprint density at radius 1 is 0.485 bits per heavy atom. The highest BCUT2D eigenvalue weighted by Crippen LogP contribution is 2.36. The monoisotopic (exact) mass is 508 g/mol. The van der Waals surface area contributed by atoms with Gasteiger partial charge in [0.05, 0.1) is 13.2 Å². The molecular formula is C27H24O2S4. The van der Waals surface area contributed by atoms with Gasteiger partial charge in [-0.15, -0.1) is 23.5 Å². The molecule has 33 heavy (non-hydrogen) atoms. The Hall–Kier alpha value is -1.80. The van der Waals surface area contributed by atoms with Crippen LogP contribution in [0.25, 0.3) is 0 Å². The maximum Gasteiger partial charge on any atom is 0.0692 e. The topological polar surface area (TPSA) is 40.5 Å². The number of benzene rings is 4. The van der Waals surface area contributed by atoms with E-state index in [2.05, 4.69) is 60.7 Å². The van der Waals surface area contributed by atoms with E-state index in [1.165, 1.54) is 19.6 Å². The van der Waals surface area contributed by atoms with Gasteiger partial charge < -0.3 is 10.2 Å². The minimum Gasteiger partial charge on any atom is -0.392 e. The van der Waals surface area contributed by atoms with E-state index in [4.69, 9.17) is 0 Å². The second-order valence-electron chi connectivity index (χ2n) is 7.09. The molecule has 4 aromatic rings. The molecule has 0 saturated carbocycles. The molecule has 4 aromatic carbocycles. The highest BCUT2D eigenvalue weighted by Gasteiger charge is 2.06. The summed E-state index contributed by atoms with van der Waals surface area (Å²) in [6.45, 7) is 0.106. The van der Waals surface area contributed by atoms with Gasteiger partial charge in [-0.2, -0.15) is 0 Å². The number of aliphatic hydroxyl groups excluding tert-OH is 2. The first-order valence-electron chi connectivity index (χ1n) is 10.4. The third-order valence-electron chi connectivity index (χ3n) is 4.80. The van der Waals surface area contributed by atoms with E-state index in [9.17, 15) is 10.2 Å². The van der Waals surface area contributed by atoms with Crippen molar-refractivity contribution >= 4 is 47.0 Å². The molecule has 168 valence electrons. The van der Waals surface area contributed by atoms with Gasteiger partial charge in [-0.25, -0.2) is 0 Å². The summed E-state index contributed by atoms with van der Waals surface area (Å²) in [6.07, 6.45) is 0. The zero-order valence-electron chi connectivity index (χ0n) is 17.9. The van der Waals surface area contributed by atoms with E-state index in [0.29, 0.717) is 0 Å². The van der Waals surface area contributed by atoms with Crippen LogP contribution in [0.2, 0.25) is 0 Å². The number of hydrogen-bond donors (Lipinski definition) is 2. The summed E-state index contributed by atoms with van der Waals surface area (Å²) < 4.78 is 0. The van der Waals surface area contributed by atoms with Crippen LogP contribution in [-0.4, -0.2) is 15.3 Å². The largest absolute Gasteiger partial charge is 0.392 e. The number of aliphatic hydroxyl groups is 2. The summed E-state index contributed by atoms with van der Waals surface area (Å²) in [5, 5.41) is 20.1. The fourth-order valence-corrected chi connectivity index (χ4v) is 7.38. The van der Waals surface area contributed by atoms with E-state index in [1.54, 1.807) is 23.5 Å². The van der Waals surface area contributed by atoms with Gasteiger partial charge in [0.1, 0.15) is 0 Å². The third-order valence-corrected chi connectivity index (χ3v) is 9.14. The zero-order chi connectivity index (χ0) is 22.9. The van der Waals surface area contributed by atoms with Crippen LogP contribution in [-0.2, 0) is 13.2 Å². The van der Waals surface area contributed by atoms with Crippen molar-refractivity contribution in [3.63, 3.8) is 0 Å². The van der Waals surface area contributed by atoms with E-state index >= 15 is 0 Å². The molecule has 0 aliphatic heterocycles. The van der Waals surface area contributed by atoms with Crippen molar-refractivity contribution in [1.29, 1.82) is 0 Å². The molecule has 0 unspecified atom stereocenters. The minimum absolute atomic E-state index is 0.0528. The molecule has 0 atom stereocenters. The van der Waals surface area contributed by atoms with Crippen LogP contribution in [0, 0.1) is 0 Å². The lowest BCUT2D eigenvalue weighted by atomic mass is 10.2. The molecule has 4 rings (SSSR count). The summed E-state index contributed by atoms with van der Waals surface area (Å²) in [6, 6.07) is 33.1. The van der Waals surface area contributed by atoms with Gasteiger partial charge in [0.15, 0.2) is 0 Å². The smallest absolute Gasteiger partial charge is 0.0692 e. The fourth-order valence-electron chi connectivity index (χ4n) is 3.14.